The van der Waals surface area contributed by atoms with Gasteiger partial charge in [0.2, 0.25) is 0 Å². The fraction of sp³-hybridized carbons (Fsp3) is 0.269. The highest BCUT2D eigenvalue weighted by molar-refractivity contribution is 5.91. The highest BCUT2D eigenvalue weighted by Crippen LogP contribution is 2.26. The Kier molecular flexibility index (Phi) is 5.95. The van der Waals surface area contributed by atoms with Crippen molar-refractivity contribution in [3.8, 4) is 11.6 Å². The molecule has 0 saturated carbocycles. The van der Waals surface area contributed by atoms with Crippen molar-refractivity contribution in [2.24, 2.45) is 0 Å². The molecule has 1 amide bonds. The molecular weight excluding hydrogens is 400 g/mol. The molecule has 6 heteroatoms. The summed E-state index contributed by atoms with van der Waals surface area (Å²) in [5, 5.41) is 8.63. The maximum atomic E-state index is 12.7. The van der Waals surface area contributed by atoms with E-state index in [2.05, 4.69) is 50.2 Å². The minimum Gasteiger partial charge on any atom is -0.483 e. The van der Waals surface area contributed by atoms with E-state index in [1.54, 1.807) is 4.68 Å². The highest BCUT2D eigenvalue weighted by Gasteiger charge is 2.15. The van der Waals surface area contributed by atoms with E-state index in [1.807, 2.05) is 43.3 Å². The summed E-state index contributed by atoms with van der Waals surface area (Å²) in [6.45, 7) is 10.1. The first-order valence-electron chi connectivity index (χ1n) is 10.8. The fourth-order valence-electron chi connectivity index (χ4n) is 3.96. The average molecular weight is 429 g/mol. The van der Waals surface area contributed by atoms with Crippen LogP contribution in [0.5, 0.6) is 5.75 Å². The van der Waals surface area contributed by atoms with E-state index < -0.39 is 0 Å². The molecule has 0 atom stereocenters. The van der Waals surface area contributed by atoms with Crippen molar-refractivity contribution in [3.05, 3.63) is 76.5 Å². The minimum atomic E-state index is -0.249. The van der Waals surface area contributed by atoms with Crippen molar-refractivity contribution in [2.45, 2.75) is 41.0 Å². The largest absolute Gasteiger partial charge is 0.483 e. The van der Waals surface area contributed by atoms with Crippen LogP contribution in [0.4, 0.5) is 5.82 Å². The van der Waals surface area contributed by atoms with Gasteiger partial charge in [0.25, 0.3) is 5.91 Å². The van der Waals surface area contributed by atoms with Crippen molar-refractivity contribution in [1.82, 2.24) is 14.8 Å². The molecule has 4 aromatic rings. The van der Waals surface area contributed by atoms with Crippen LogP contribution in [-0.4, -0.2) is 27.3 Å². The van der Waals surface area contributed by atoms with E-state index in [0.717, 1.165) is 45.5 Å². The summed E-state index contributed by atoms with van der Waals surface area (Å²) in [5.41, 5.74) is 6.24. The molecule has 0 aliphatic heterocycles. The zero-order chi connectivity index (χ0) is 22.8. The maximum Gasteiger partial charge on any atom is 0.263 e. The third kappa shape index (κ3) is 4.35. The van der Waals surface area contributed by atoms with Gasteiger partial charge in [0.15, 0.2) is 12.4 Å². The summed E-state index contributed by atoms with van der Waals surface area (Å²) in [5.74, 6) is 1.72. The Morgan fingerprint density at radius 1 is 1.03 bits per heavy atom. The van der Waals surface area contributed by atoms with Gasteiger partial charge in [0, 0.05) is 11.5 Å². The molecule has 0 aliphatic rings. The molecule has 0 radical (unpaired) electrons. The number of para-hydroxylation sites is 1. The lowest BCUT2D eigenvalue weighted by Crippen LogP contribution is -2.22. The van der Waals surface area contributed by atoms with E-state index in [9.17, 15) is 4.79 Å². The number of anilines is 1. The molecule has 6 nitrogen and oxygen atoms in total. The summed E-state index contributed by atoms with van der Waals surface area (Å²) in [7, 11) is 0. The number of nitrogens with one attached hydrogen (secondary N) is 1. The van der Waals surface area contributed by atoms with Crippen LogP contribution >= 0.6 is 0 Å². The van der Waals surface area contributed by atoms with Gasteiger partial charge < -0.3 is 10.1 Å². The van der Waals surface area contributed by atoms with Crippen LogP contribution in [0.3, 0.4) is 0 Å². The Bertz CT molecular complexity index is 1310. The third-order valence-corrected chi connectivity index (χ3v) is 5.47. The van der Waals surface area contributed by atoms with Gasteiger partial charge in [-0.3, -0.25) is 4.79 Å². The van der Waals surface area contributed by atoms with E-state index in [1.165, 1.54) is 5.56 Å². The number of rotatable bonds is 6. The van der Waals surface area contributed by atoms with Crippen LogP contribution in [0.1, 0.15) is 34.9 Å². The number of fused-ring (bicyclic) bond motifs is 1. The topological polar surface area (TPSA) is 69.0 Å². The number of nitrogens with zero attached hydrogens (tertiary/aromatic N) is 3. The van der Waals surface area contributed by atoms with Gasteiger partial charge in [0.05, 0.1) is 11.2 Å². The molecule has 32 heavy (non-hydrogen) atoms. The summed E-state index contributed by atoms with van der Waals surface area (Å²) in [4.78, 5) is 17.5. The fourth-order valence-corrected chi connectivity index (χ4v) is 3.96. The van der Waals surface area contributed by atoms with Crippen molar-refractivity contribution in [2.75, 3.05) is 11.9 Å². The highest BCUT2D eigenvalue weighted by atomic mass is 16.5. The van der Waals surface area contributed by atoms with Crippen molar-refractivity contribution in [1.29, 1.82) is 0 Å². The summed E-state index contributed by atoms with van der Waals surface area (Å²) in [6.07, 6.45) is 0.843. The monoisotopic (exact) mass is 428 g/mol. The first kappa shape index (κ1) is 21.6. The zero-order valence-corrected chi connectivity index (χ0v) is 19.2. The number of carbonyl (C=O) groups excluding carboxylic acids is 1. The van der Waals surface area contributed by atoms with E-state index in [0.29, 0.717) is 11.6 Å². The molecular formula is C26H28N4O2. The van der Waals surface area contributed by atoms with E-state index in [4.69, 9.17) is 9.72 Å². The lowest BCUT2D eigenvalue weighted by molar-refractivity contribution is -0.118. The number of hydrogen-bond donors (Lipinski definition) is 1. The molecule has 0 spiro atoms. The van der Waals surface area contributed by atoms with Crippen LogP contribution in [0, 0.1) is 27.7 Å². The molecule has 0 unspecified atom stereocenters. The van der Waals surface area contributed by atoms with Gasteiger partial charge in [0.1, 0.15) is 11.6 Å². The predicted octanol–water partition coefficient (Wildman–Crippen LogP) is 5.23. The molecule has 0 saturated heterocycles. The van der Waals surface area contributed by atoms with Crippen LogP contribution in [0.25, 0.3) is 16.7 Å². The number of amides is 1. The Balaban J connectivity index is 1.60. The molecule has 0 aliphatic carbocycles. The second kappa shape index (κ2) is 8.83. The smallest absolute Gasteiger partial charge is 0.263 e. The van der Waals surface area contributed by atoms with Crippen molar-refractivity contribution in [3.63, 3.8) is 0 Å². The van der Waals surface area contributed by atoms with E-state index >= 15 is 0 Å². The first-order valence-corrected chi connectivity index (χ1v) is 10.8. The van der Waals surface area contributed by atoms with Gasteiger partial charge in [-0.2, -0.15) is 9.78 Å². The zero-order valence-electron chi connectivity index (χ0n) is 19.2. The quantitative estimate of drug-likeness (QED) is 0.456. The standard InChI is InChI=1S/C26H28N4O2/c1-6-20-9-7-8-10-22(20)32-15-25(31)27-24-14-19(5)29-30(24)23-13-17(3)21-12-16(2)11-18(4)26(21)28-23/h7-14H,6,15H2,1-5H3,(H,27,31). The second-order valence-electron chi connectivity index (χ2n) is 8.16. The third-order valence-electron chi connectivity index (χ3n) is 5.47. The van der Waals surface area contributed by atoms with Gasteiger partial charge >= 0.3 is 0 Å². The summed E-state index contributed by atoms with van der Waals surface area (Å²) >= 11 is 0. The van der Waals surface area contributed by atoms with Gasteiger partial charge in [-0.1, -0.05) is 36.8 Å². The molecule has 4 rings (SSSR count). The maximum absolute atomic E-state index is 12.7. The van der Waals surface area contributed by atoms with Crippen LogP contribution in [0.2, 0.25) is 0 Å². The number of carbonyl (C=O) groups is 1. The SMILES string of the molecule is CCc1ccccc1OCC(=O)Nc1cc(C)nn1-c1cc(C)c2cc(C)cc(C)c2n1. The number of aryl methyl sites for hydroxylation is 5. The second-order valence-corrected chi connectivity index (χ2v) is 8.16. The lowest BCUT2D eigenvalue weighted by Gasteiger charge is -2.13. The number of aromatic nitrogens is 3. The lowest BCUT2D eigenvalue weighted by atomic mass is 10.0. The van der Waals surface area contributed by atoms with Gasteiger partial charge in [-0.15, -0.1) is 0 Å². The normalized spacial score (nSPS) is 11.0. The molecule has 2 aromatic heterocycles. The number of hydrogen-bond acceptors (Lipinski definition) is 4. The van der Waals surface area contributed by atoms with Gasteiger partial charge in [-0.05, 0) is 69.0 Å². The van der Waals surface area contributed by atoms with Crippen LogP contribution in [0.15, 0.2) is 48.5 Å². The van der Waals surface area contributed by atoms with Crippen molar-refractivity contribution < 1.29 is 9.53 Å². The number of pyridine rings is 1. The number of ether oxygens (including phenoxy) is 1. The molecule has 164 valence electrons. The van der Waals surface area contributed by atoms with Crippen LogP contribution in [-0.2, 0) is 11.2 Å². The predicted molar refractivity (Wildman–Crippen MR) is 128 cm³/mol. The molecule has 2 aromatic carbocycles. The Labute approximate surface area is 188 Å². The first-order chi connectivity index (χ1) is 15.4. The molecule has 2 heterocycles. The Morgan fingerprint density at radius 3 is 2.59 bits per heavy atom. The van der Waals surface area contributed by atoms with E-state index in [-0.39, 0.29) is 12.5 Å². The summed E-state index contributed by atoms with van der Waals surface area (Å²) < 4.78 is 7.44. The van der Waals surface area contributed by atoms with Crippen molar-refractivity contribution >= 4 is 22.6 Å². The minimum absolute atomic E-state index is 0.0796. The molecule has 0 fully saturated rings. The molecule has 0 bridgehead atoms. The summed E-state index contributed by atoms with van der Waals surface area (Å²) in [6, 6.07) is 15.9. The van der Waals surface area contributed by atoms with Crippen LogP contribution < -0.4 is 10.1 Å². The van der Waals surface area contributed by atoms with Gasteiger partial charge in [-0.25, -0.2) is 4.98 Å². The Morgan fingerprint density at radius 2 is 1.81 bits per heavy atom. The number of benzene rings is 2. The average Bonchev–Trinajstić information content (AvgIpc) is 3.13. The molecule has 1 N–H and O–H groups in total. The Hall–Kier alpha value is -3.67.